The molecule has 0 unspecified atom stereocenters. The van der Waals surface area contributed by atoms with Crippen molar-refractivity contribution < 1.29 is 18.3 Å². The monoisotopic (exact) mass is 234 g/mol. The summed E-state index contributed by atoms with van der Waals surface area (Å²) < 4.78 is 36.0. The standard InChI is InChI=1S/C10H13F3N2O/c1-15(5-3-10(11,12)13)9-2-4-14-8(6-9)7-16/h2,4,6,16H,3,5,7H2,1H3. The van der Waals surface area contributed by atoms with Crippen LogP contribution in [0.5, 0.6) is 0 Å². The molecule has 0 fully saturated rings. The summed E-state index contributed by atoms with van der Waals surface area (Å²) >= 11 is 0. The second-order valence-corrected chi connectivity index (χ2v) is 3.45. The molecule has 16 heavy (non-hydrogen) atoms. The SMILES string of the molecule is CN(CCC(F)(F)F)c1ccnc(CO)c1. The molecular formula is C10H13F3N2O. The van der Waals surface area contributed by atoms with E-state index in [1.807, 2.05) is 0 Å². The van der Waals surface area contributed by atoms with Crippen LogP contribution in [-0.2, 0) is 6.61 Å². The maximum Gasteiger partial charge on any atom is 0.390 e. The molecule has 0 amide bonds. The molecule has 0 aliphatic heterocycles. The molecule has 0 aliphatic carbocycles. The van der Waals surface area contributed by atoms with E-state index in [1.54, 1.807) is 19.2 Å². The van der Waals surface area contributed by atoms with Gasteiger partial charge in [0.15, 0.2) is 0 Å². The van der Waals surface area contributed by atoms with Gasteiger partial charge in [0.2, 0.25) is 0 Å². The number of aliphatic hydroxyl groups is 1. The van der Waals surface area contributed by atoms with Crippen LogP contribution in [0, 0.1) is 0 Å². The Morgan fingerprint density at radius 3 is 2.69 bits per heavy atom. The smallest absolute Gasteiger partial charge is 0.390 e. The zero-order chi connectivity index (χ0) is 12.2. The number of rotatable bonds is 4. The van der Waals surface area contributed by atoms with Crippen molar-refractivity contribution in [1.82, 2.24) is 4.98 Å². The number of nitrogens with zero attached hydrogens (tertiary/aromatic N) is 2. The fourth-order valence-corrected chi connectivity index (χ4v) is 1.21. The lowest BCUT2D eigenvalue weighted by Gasteiger charge is -2.20. The van der Waals surface area contributed by atoms with E-state index in [0.717, 1.165) is 0 Å². The zero-order valence-corrected chi connectivity index (χ0v) is 8.83. The van der Waals surface area contributed by atoms with Gasteiger partial charge in [0.1, 0.15) is 0 Å². The third kappa shape index (κ3) is 4.06. The average molecular weight is 234 g/mol. The topological polar surface area (TPSA) is 36.4 Å². The normalized spacial score (nSPS) is 11.6. The molecule has 1 N–H and O–H groups in total. The van der Waals surface area contributed by atoms with E-state index in [1.165, 1.54) is 11.1 Å². The quantitative estimate of drug-likeness (QED) is 0.865. The Kier molecular flexibility index (Phi) is 4.12. The Morgan fingerprint density at radius 1 is 1.44 bits per heavy atom. The van der Waals surface area contributed by atoms with Gasteiger partial charge in [0.25, 0.3) is 0 Å². The van der Waals surface area contributed by atoms with Crippen molar-refractivity contribution in [3.63, 3.8) is 0 Å². The summed E-state index contributed by atoms with van der Waals surface area (Å²) in [6.45, 7) is -0.334. The van der Waals surface area contributed by atoms with Gasteiger partial charge in [0.05, 0.1) is 18.7 Å². The van der Waals surface area contributed by atoms with Gasteiger partial charge in [-0.3, -0.25) is 4.98 Å². The lowest BCUT2D eigenvalue weighted by atomic mass is 10.3. The predicted octanol–water partition coefficient (Wildman–Crippen LogP) is 1.96. The Morgan fingerprint density at radius 2 is 2.12 bits per heavy atom. The Bertz CT molecular complexity index is 341. The maximum absolute atomic E-state index is 12.0. The highest BCUT2D eigenvalue weighted by Crippen LogP contribution is 2.21. The molecule has 1 aromatic rings. The van der Waals surface area contributed by atoms with Crippen molar-refractivity contribution >= 4 is 5.69 Å². The summed E-state index contributed by atoms with van der Waals surface area (Å²) in [5, 5.41) is 8.84. The lowest BCUT2D eigenvalue weighted by molar-refractivity contribution is -0.132. The molecule has 3 nitrogen and oxygen atoms in total. The molecule has 0 spiro atoms. The fourth-order valence-electron chi connectivity index (χ4n) is 1.21. The second kappa shape index (κ2) is 5.16. The molecule has 1 heterocycles. The van der Waals surface area contributed by atoms with Gasteiger partial charge in [-0.15, -0.1) is 0 Å². The van der Waals surface area contributed by atoms with Crippen LogP contribution in [0.4, 0.5) is 18.9 Å². The molecule has 0 atom stereocenters. The molecule has 1 rings (SSSR count). The minimum absolute atomic E-state index is 0.113. The highest BCUT2D eigenvalue weighted by molar-refractivity contribution is 5.45. The lowest BCUT2D eigenvalue weighted by Crippen LogP contribution is -2.24. The predicted molar refractivity (Wildman–Crippen MR) is 54.1 cm³/mol. The number of aliphatic hydroxyl groups excluding tert-OH is 1. The summed E-state index contributed by atoms with van der Waals surface area (Å²) in [6, 6.07) is 3.17. The van der Waals surface area contributed by atoms with Gasteiger partial charge in [-0.25, -0.2) is 0 Å². The number of pyridine rings is 1. The van der Waals surface area contributed by atoms with Crippen LogP contribution in [0.15, 0.2) is 18.3 Å². The summed E-state index contributed by atoms with van der Waals surface area (Å²) in [5.74, 6) is 0. The van der Waals surface area contributed by atoms with E-state index < -0.39 is 12.6 Å². The van der Waals surface area contributed by atoms with Gasteiger partial charge < -0.3 is 10.0 Å². The number of hydrogen-bond acceptors (Lipinski definition) is 3. The third-order valence-electron chi connectivity index (χ3n) is 2.13. The number of aromatic nitrogens is 1. The zero-order valence-electron chi connectivity index (χ0n) is 8.83. The Labute approximate surface area is 91.5 Å². The molecule has 0 aliphatic rings. The molecule has 0 saturated carbocycles. The van der Waals surface area contributed by atoms with Gasteiger partial charge in [-0.2, -0.15) is 13.2 Å². The van der Waals surface area contributed by atoms with Gasteiger partial charge in [0, 0.05) is 25.5 Å². The van der Waals surface area contributed by atoms with Crippen LogP contribution in [0.1, 0.15) is 12.1 Å². The van der Waals surface area contributed by atoms with Crippen LogP contribution in [0.2, 0.25) is 0 Å². The van der Waals surface area contributed by atoms with E-state index in [9.17, 15) is 13.2 Å². The van der Waals surface area contributed by atoms with Gasteiger partial charge >= 0.3 is 6.18 Å². The number of anilines is 1. The summed E-state index contributed by atoms with van der Waals surface area (Å²) in [6.07, 6.45) is -3.55. The van der Waals surface area contributed by atoms with E-state index in [0.29, 0.717) is 11.4 Å². The maximum atomic E-state index is 12.0. The van der Waals surface area contributed by atoms with Crippen molar-refractivity contribution in [3.8, 4) is 0 Å². The first kappa shape index (κ1) is 12.8. The Hall–Kier alpha value is -1.30. The molecular weight excluding hydrogens is 221 g/mol. The largest absolute Gasteiger partial charge is 0.390 e. The molecule has 0 saturated heterocycles. The van der Waals surface area contributed by atoms with E-state index in [4.69, 9.17) is 5.11 Å². The number of hydrogen-bond donors (Lipinski definition) is 1. The first-order valence-electron chi connectivity index (χ1n) is 4.76. The van der Waals surface area contributed by atoms with Crippen molar-refractivity contribution in [2.45, 2.75) is 19.2 Å². The summed E-state index contributed by atoms with van der Waals surface area (Å²) in [4.78, 5) is 5.33. The fraction of sp³-hybridized carbons (Fsp3) is 0.500. The molecule has 6 heteroatoms. The van der Waals surface area contributed by atoms with Crippen LogP contribution < -0.4 is 4.90 Å². The Balaban J connectivity index is 2.62. The van der Waals surface area contributed by atoms with Crippen LogP contribution in [0.25, 0.3) is 0 Å². The van der Waals surface area contributed by atoms with Crippen molar-refractivity contribution in [2.24, 2.45) is 0 Å². The highest BCUT2D eigenvalue weighted by Gasteiger charge is 2.27. The minimum Gasteiger partial charge on any atom is -0.390 e. The molecule has 0 bridgehead atoms. The van der Waals surface area contributed by atoms with Crippen LogP contribution >= 0.6 is 0 Å². The van der Waals surface area contributed by atoms with Crippen molar-refractivity contribution in [2.75, 3.05) is 18.5 Å². The van der Waals surface area contributed by atoms with Gasteiger partial charge in [-0.05, 0) is 12.1 Å². The van der Waals surface area contributed by atoms with E-state index in [-0.39, 0.29) is 13.2 Å². The summed E-state index contributed by atoms with van der Waals surface area (Å²) in [7, 11) is 1.57. The first-order valence-corrected chi connectivity index (χ1v) is 4.76. The second-order valence-electron chi connectivity index (χ2n) is 3.45. The summed E-state index contributed by atoms with van der Waals surface area (Å²) in [5.41, 5.74) is 1.06. The molecule has 0 aromatic carbocycles. The van der Waals surface area contributed by atoms with Crippen LogP contribution in [0.3, 0.4) is 0 Å². The number of halogens is 3. The first-order chi connectivity index (χ1) is 7.42. The van der Waals surface area contributed by atoms with Crippen molar-refractivity contribution in [3.05, 3.63) is 24.0 Å². The van der Waals surface area contributed by atoms with Crippen LogP contribution in [-0.4, -0.2) is 29.9 Å². The third-order valence-corrected chi connectivity index (χ3v) is 2.13. The van der Waals surface area contributed by atoms with Gasteiger partial charge in [-0.1, -0.05) is 0 Å². The molecule has 90 valence electrons. The minimum atomic E-state index is -4.15. The molecule has 1 aromatic heterocycles. The van der Waals surface area contributed by atoms with E-state index >= 15 is 0 Å². The average Bonchev–Trinajstić information content (AvgIpc) is 2.25. The van der Waals surface area contributed by atoms with E-state index in [2.05, 4.69) is 4.98 Å². The molecule has 0 radical (unpaired) electrons. The number of alkyl halides is 3. The van der Waals surface area contributed by atoms with Crippen molar-refractivity contribution in [1.29, 1.82) is 0 Å². The highest BCUT2D eigenvalue weighted by atomic mass is 19.4.